The number of hydrogen-bond donors (Lipinski definition) is 2. The molecule has 0 aliphatic rings. The molecule has 0 fully saturated rings. The van der Waals surface area contributed by atoms with Gasteiger partial charge < -0.3 is 10.6 Å². The van der Waals surface area contributed by atoms with E-state index >= 15 is 0 Å². The van der Waals surface area contributed by atoms with Crippen molar-refractivity contribution in [3.05, 3.63) is 50.9 Å². The third-order valence-electron chi connectivity index (χ3n) is 2.75. The molecule has 7 heteroatoms. The van der Waals surface area contributed by atoms with E-state index in [2.05, 4.69) is 31.5 Å². The van der Waals surface area contributed by atoms with Crippen LogP contribution < -0.4 is 10.6 Å². The van der Waals surface area contributed by atoms with Crippen LogP contribution in [0.5, 0.6) is 0 Å². The fourth-order valence-electron chi connectivity index (χ4n) is 1.61. The fraction of sp³-hybridized carbons (Fsp3) is 0.214. The van der Waals surface area contributed by atoms with Gasteiger partial charge in [-0.1, -0.05) is 0 Å². The summed E-state index contributed by atoms with van der Waals surface area (Å²) in [5.41, 5.74) is 0.957. The Kier molecular flexibility index (Phi) is 5.46. The minimum absolute atomic E-state index is 0.226. The summed E-state index contributed by atoms with van der Waals surface area (Å²) in [6.45, 7) is 2.06. The number of carbonyl (C=O) groups excluding carboxylic acids is 2. The zero-order valence-electron chi connectivity index (χ0n) is 11.3. The number of thiophene rings is 1. The lowest BCUT2D eigenvalue weighted by Gasteiger charge is -2.13. The highest BCUT2D eigenvalue weighted by molar-refractivity contribution is 9.11. The third-order valence-corrected chi connectivity index (χ3v) is 4.38. The summed E-state index contributed by atoms with van der Waals surface area (Å²) in [5, 5.41) is 5.45. The molecule has 2 aromatic heterocycles. The van der Waals surface area contributed by atoms with Gasteiger partial charge in [-0.3, -0.25) is 14.6 Å². The minimum Gasteiger partial charge on any atom is -0.350 e. The van der Waals surface area contributed by atoms with Crippen LogP contribution in [0.25, 0.3) is 0 Å². The average molecular weight is 368 g/mol. The van der Waals surface area contributed by atoms with Gasteiger partial charge in [0.05, 0.1) is 8.66 Å². The van der Waals surface area contributed by atoms with Crippen LogP contribution in [-0.4, -0.2) is 22.8 Å². The molecule has 2 N–H and O–H groups in total. The number of halogens is 1. The van der Waals surface area contributed by atoms with Gasteiger partial charge in [0.25, 0.3) is 5.91 Å². The van der Waals surface area contributed by atoms with E-state index in [0.717, 1.165) is 9.35 Å². The monoisotopic (exact) mass is 367 g/mol. The molecule has 2 aromatic rings. The van der Waals surface area contributed by atoms with Crippen LogP contribution in [0.3, 0.4) is 0 Å². The predicted molar refractivity (Wildman–Crippen MR) is 85.0 cm³/mol. The Bertz CT molecular complexity index is 630. The van der Waals surface area contributed by atoms with Crippen LogP contribution in [0, 0.1) is 0 Å². The van der Waals surface area contributed by atoms with E-state index < -0.39 is 6.04 Å². The van der Waals surface area contributed by atoms with Gasteiger partial charge in [-0.05, 0) is 52.7 Å². The Morgan fingerprint density at radius 2 is 2.00 bits per heavy atom. The van der Waals surface area contributed by atoms with Gasteiger partial charge in [0.15, 0.2) is 0 Å². The molecule has 1 atom stereocenters. The Labute approximate surface area is 134 Å². The van der Waals surface area contributed by atoms with Crippen LogP contribution in [0.2, 0.25) is 0 Å². The molecule has 0 radical (unpaired) electrons. The molecule has 0 aromatic carbocycles. The Morgan fingerprint density at radius 1 is 1.29 bits per heavy atom. The first-order chi connectivity index (χ1) is 10.1. The normalized spacial score (nSPS) is 11.7. The van der Waals surface area contributed by atoms with E-state index in [9.17, 15) is 9.59 Å². The Balaban J connectivity index is 1.83. The molecule has 0 aliphatic heterocycles. The second kappa shape index (κ2) is 7.33. The summed E-state index contributed by atoms with van der Waals surface area (Å²) in [7, 11) is 0. The standard InChI is InChI=1S/C14H14BrN3O2S/c1-9(18-14(20)11-2-3-12(15)21-11)13(19)17-8-10-4-6-16-7-5-10/h2-7,9H,8H2,1H3,(H,17,19)(H,18,20). The number of hydrogen-bond acceptors (Lipinski definition) is 4. The number of rotatable bonds is 5. The van der Waals surface area contributed by atoms with E-state index in [-0.39, 0.29) is 11.8 Å². The SMILES string of the molecule is CC(NC(=O)c1ccc(Br)s1)C(=O)NCc1ccncc1. The second-order valence-corrected chi connectivity index (χ2v) is 6.84. The zero-order valence-corrected chi connectivity index (χ0v) is 13.7. The molecule has 2 amide bonds. The van der Waals surface area contributed by atoms with E-state index in [1.807, 2.05) is 12.1 Å². The molecular formula is C14H14BrN3O2S. The Hall–Kier alpha value is -1.73. The molecule has 2 heterocycles. The molecule has 5 nitrogen and oxygen atoms in total. The molecule has 0 saturated carbocycles. The summed E-state index contributed by atoms with van der Waals surface area (Å²) < 4.78 is 0.877. The van der Waals surface area contributed by atoms with Crippen LogP contribution in [0.15, 0.2) is 40.4 Å². The van der Waals surface area contributed by atoms with E-state index in [1.54, 1.807) is 31.5 Å². The summed E-state index contributed by atoms with van der Waals surface area (Å²) in [6, 6.07) is 6.57. The number of amides is 2. The maximum absolute atomic E-state index is 11.9. The van der Waals surface area contributed by atoms with Crippen molar-refractivity contribution in [3.8, 4) is 0 Å². The fourth-order valence-corrected chi connectivity index (χ4v) is 2.90. The van der Waals surface area contributed by atoms with E-state index in [0.29, 0.717) is 11.4 Å². The second-order valence-electron chi connectivity index (χ2n) is 4.37. The molecule has 110 valence electrons. The summed E-state index contributed by atoms with van der Waals surface area (Å²) in [4.78, 5) is 28.4. The van der Waals surface area contributed by atoms with Crippen molar-refractivity contribution in [3.63, 3.8) is 0 Å². The van der Waals surface area contributed by atoms with Crippen LogP contribution in [-0.2, 0) is 11.3 Å². The molecule has 1 unspecified atom stereocenters. The van der Waals surface area contributed by atoms with Gasteiger partial charge in [-0.15, -0.1) is 11.3 Å². The van der Waals surface area contributed by atoms with Crippen molar-refractivity contribution in [2.24, 2.45) is 0 Å². The number of nitrogens with one attached hydrogen (secondary N) is 2. The number of nitrogens with zero attached hydrogens (tertiary/aromatic N) is 1. The van der Waals surface area contributed by atoms with Gasteiger partial charge in [0, 0.05) is 18.9 Å². The largest absolute Gasteiger partial charge is 0.350 e. The maximum atomic E-state index is 11.9. The quantitative estimate of drug-likeness (QED) is 0.851. The van der Waals surface area contributed by atoms with Gasteiger partial charge in [0.1, 0.15) is 6.04 Å². The predicted octanol–water partition coefficient (Wildman–Crippen LogP) is 2.34. The van der Waals surface area contributed by atoms with Crippen molar-refractivity contribution in [1.82, 2.24) is 15.6 Å². The van der Waals surface area contributed by atoms with Crippen LogP contribution in [0.1, 0.15) is 22.2 Å². The van der Waals surface area contributed by atoms with Gasteiger partial charge in [0.2, 0.25) is 5.91 Å². The molecule has 2 rings (SSSR count). The van der Waals surface area contributed by atoms with Gasteiger partial charge >= 0.3 is 0 Å². The number of aromatic nitrogens is 1. The minimum atomic E-state index is -0.597. The summed E-state index contributed by atoms with van der Waals surface area (Å²) in [5.74, 6) is -0.479. The zero-order chi connectivity index (χ0) is 15.2. The average Bonchev–Trinajstić information content (AvgIpc) is 2.92. The smallest absolute Gasteiger partial charge is 0.262 e. The number of carbonyl (C=O) groups is 2. The lowest BCUT2D eigenvalue weighted by Crippen LogP contribution is -2.44. The van der Waals surface area contributed by atoms with E-state index in [1.165, 1.54) is 11.3 Å². The highest BCUT2D eigenvalue weighted by atomic mass is 79.9. The molecule has 21 heavy (non-hydrogen) atoms. The summed E-state index contributed by atoms with van der Waals surface area (Å²) in [6.07, 6.45) is 3.34. The molecule has 0 saturated heterocycles. The van der Waals surface area contributed by atoms with Crippen molar-refractivity contribution < 1.29 is 9.59 Å². The first-order valence-corrected chi connectivity index (χ1v) is 7.90. The number of pyridine rings is 1. The lowest BCUT2D eigenvalue weighted by molar-refractivity contribution is -0.122. The first kappa shape index (κ1) is 15.7. The molecule has 0 bridgehead atoms. The van der Waals surface area contributed by atoms with E-state index in [4.69, 9.17) is 0 Å². The maximum Gasteiger partial charge on any atom is 0.262 e. The molecule has 0 spiro atoms. The van der Waals surface area contributed by atoms with Crippen LogP contribution >= 0.6 is 27.3 Å². The third kappa shape index (κ3) is 4.64. The molecular weight excluding hydrogens is 354 g/mol. The molecule has 0 aliphatic carbocycles. The van der Waals surface area contributed by atoms with Crippen molar-refractivity contribution in [1.29, 1.82) is 0 Å². The highest BCUT2D eigenvalue weighted by Gasteiger charge is 2.17. The topological polar surface area (TPSA) is 71.1 Å². The summed E-state index contributed by atoms with van der Waals surface area (Å²) >= 11 is 4.63. The first-order valence-electron chi connectivity index (χ1n) is 6.29. The highest BCUT2D eigenvalue weighted by Crippen LogP contribution is 2.21. The Morgan fingerprint density at radius 3 is 2.62 bits per heavy atom. The van der Waals surface area contributed by atoms with Gasteiger partial charge in [-0.25, -0.2) is 0 Å². The lowest BCUT2D eigenvalue weighted by atomic mass is 10.2. The van der Waals surface area contributed by atoms with Crippen molar-refractivity contribution in [2.45, 2.75) is 19.5 Å². The van der Waals surface area contributed by atoms with Crippen molar-refractivity contribution in [2.75, 3.05) is 0 Å². The van der Waals surface area contributed by atoms with Crippen molar-refractivity contribution >= 4 is 39.1 Å². The van der Waals surface area contributed by atoms with Crippen LogP contribution in [0.4, 0.5) is 0 Å². The van der Waals surface area contributed by atoms with Gasteiger partial charge in [-0.2, -0.15) is 0 Å².